The number of hydrogen-bond acceptors (Lipinski definition) is 4. The van der Waals surface area contributed by atoms with Gasteiger partial charge in [-0.2, -0.15) is 0 Å². The van der Waals surface area contributed by atoms with Gasteiger partial charge in [0, 0.05) is 39.5 Å². The lowest BCUT2D eigenvalue weighted by Gasteiger charge is -2.27. The summed E-state index contributed by atoms with van der Waals surface area (Å²) >= 11 is 0. The third-order valence-corrected chi connectivity index (χ3v) is 4.08. The first-order valence-corrected chi connectivity index (χ1v) is 7.42. The van der Waals surface area contributed by atoms with E-state index < -0.39 is 5.41 Å². The van der Waals surface area contributed by atoms with Gasteiger partial charge in [-0.25, -0.2) is 0 Å². The van der Waals surface area contributed by atoms with Crippen LogP contribution in [0.2, 0.25) is 0 Å². The molecule has 1 aromatic rings. The van der Waals surface area contributed by atoms with Crippen LogP contribution in [0.1, 0.15) is 6.42 Å². The van der Waals surface area contributed by atoms with Gasteiger partial charge in [0.2, 0.25) is 5.91 Å². The Bertz CT molecular complexity index is 450. The highest BCUT2D eigenvalue weighted by Gasteiger charge is 2.41. The summed E-state index contributed by atoms with van der Waals surface area (Å²) in [5.41, 5.74) is 0.751. The second-order valence-electron chi connectivity index (χ2n) is 5.65. The van der Waals surface area contributed by atoms with Crippen molar-refractivity contribution in [3.63, 3.8) is 0 Å². The minimum Gasteiger partial charge on any atom is -0.384 e. The van der Waals surface area contributed by atoms with Crippen molar-refractivity contribution in [3.8, 4) is 0 Å². The number of nitrogens with one attached hydrogen (secondary N) is 2. The zero-order valence-corrected chi connectivity index (χ0v) is 14.1. The number of likely N-dealkylation sites (N-methyl/N-ethyl adjacent to an activating group) is 1. The van der Waals surface area contributed by atoms with Crippen molar-refractivity contribution < 1.29 is 9.53 Å². The molecule has 2 rings (SSSR count). The molecule has 0 aliphatic carbocycles. The van der Waals surface area contributed by atoms with E-state index in [9.17, 15) is 4.79 Å². The lowest BCUT2D eigenvalue weighted by Crippen LogP contribution is -2.47. The molecule has 1 fully saturated rings. The lowest BCUT2D eigenvalue weighted by atomic mass is 9.87. The van der Waals surface area contributed by atoms with Crippen molar-refractivity contribution >= 4 is 24.0 Å². The van der Waals surface area contributed by atoms with E-state index in [0.29, 0.717) is 19.7 Å². The van der Waals surface area contributed by atoms with Crippen molar-refractivity contribution in [2.24, 2.45) is 5.41 Å². The van der Waals surface area contributed by atoms with Crippen LogP contribution in [0, 0.1) is 5.41 Å². The first-order valence-electron chi connectivity index (χ1n) is 7.42. The highest BCUT2D eigenvalue weighted by molar-refractivity contribution is 5.85. The van der Waals surface area contributed by atoms with Crippen LogP contribution < -0.4 is 15.5 Å². The number of rotatable bonds is 7. The Hall–Kier alpha value is -1.30. The molecule has 1 aromatic carbocycles. The second kappa shape index (κ2) is 8.98. The van der Waals surface area contributed by atoms with E-state index in [1.54, 1.807) is 7.11 Å². The molecule has 1 aliphatic heterocycles. The highest BCUT2D eigenvalue weighted by Crippen LogP contribution is 2.25. The number of methoxy groups -OCH3 is 1. The maximum atomic E-state index is 12.4. The maximum absolute atomic E-state index is 12.4. The second-order valence-corrected chi connectivity index (χ2v) is 5.65. The Kier molecular flexibility index (Phi) is 7.65. The average Bonchev–Trinajstić information content (AvgIpc) is 2.98. The van der Waals surface area contributed by atoms with E-state index in [1.807, 2.05) is 25.2 Å². The molecule has 0 radical (unpaired) electrons. The van der Waals surface area contributed by atoms with Gasteiger partial charge >= 0.3 is 0 Å². The van der Waals surface area contributed by atoms with Crippen molar-refractivity contribution in [3.05, 3.63) is 30.3 Å². The van der Waals surface area contributed by atoms with Crippen molar-refractivity contribution in [2.45, 2.75) is 6.42 Å². The molecule has 0 spiro atoms. The molecule has 6 heteroatoms. The molecule has 22 heavy (non-hydrogen) atoms. The van der Waals surface area contributed by atoms with Gasteiger partial charge in [-0.3, -0.25) is 4.79 Å². The summed E-state index contributed by atoms with van der Waals surface area (Å²) < 4.78 is 5.24. The molecule has 0 saturated carbocycles. The fourth-order valence-corrected chi connectivity index (χ4v) is 2.74. The summed E-state index contributed by atoms with van der Waals surface area (Å²) in [5.74, 6) is 0.0933. The zero-order valence-electron chi connectivity index (χ0n) is 13.3. The van der Waals surface area contributed by atoms with Crippen LogP contribution in [-0.4, -0.2) is 52.9 Å². The third kappa shape index (κ3) is 4.60. The van der Waals surface area contributed by atoms with Crippen molar-refractivity contribution in [1.29, 1.82) is 0 Å². The normalized spacial score (nSPS) is 20.3. The topological polar surface area (TPSA) is 53.6 Å². The Morgan fingerprint density at radius 2 is 2.14 bits per heavy atom. The molecule has 1 heterocycles. The molecular formula is C16H26ClN3O2. The molecule has 1 saturated heterocycles. The first kappa shape index (κ1) is 18.7. The van der Waals surface area contributed by atoms with Crippen molar-refractivity contribution in [1.82, 2.24) is 10.6 Å². The van der Waals surface area contributed by atoms with Crippen LogP contribution >= 0.6 is 12.4 Å². The summed E-state index contributed by atoms with van der Waals surface area (Å²) in [6, 6.07) is 10.2. The van der Waals surface area contributed by atoms with E-state index in [2.05, 4.69) is 27.7 Å². The van der Waals surface area contributed by atoms with Gasteiger partial charge in [-0.1, -0.05) is 18.2 Å². The van der Waals surface area contributed by atoms with Crippen LogP contribution in [0.25, 0.3) is 0 Å². The predicted octanol–water partition coefficient (Wildman–Crippen LogP) is 1.29. The summed E-state index contributed by atoms with van der Waals surface area (Å²) in [5, 5.41) is 6.30. The molecule has 0 aromatic heterocycles. The Morgan fingerprint density at radius 1 is 1.41 bits per heavy atom. The van der Waals surface area contributed by atoms with Crippen LogP contribution in [0.15, 0.2) is 30.3 Å². The van der Waals surface area contributed by atoms with E-state index in [1.165, 1.54) is 0 Å². The summed E-state index contributed by atoms with van der Waals surface area (Å²) in [6.07, 6.45) is 0.835. The van der Waals surface area contributed by atoms with Crippen molar-refractivity contribution in [2.75, 3.05) is 51.8 Å². The van der Waals surface area contributed by atoms with E-state index in [-0.39, 0.29) is 18.3 Å². The number of halogens is 1. The molecule has 0 bridgehead atoms. The minimum atomic E-state index is -0.403. The van der Waals surface area contributed by atoms with E-state index >= 15 is 0 Å². The number of carbonyl (C=O) groups is 1. The Balaban J connectivity index is 0.00000242. The number of hydrogen-bond donors (Lipinski definition) is 2. The summed E-state index contributed by atoms with van der Waals surface area (Å²) in [4.78, 5) is 14.6. The summed E-state index contributed by atoms with van der Waals surface area (Å²) in [6.45, 7) is 3.46. The molecule has 5 nitrogen and oxygen atoms in total. The summed E-state index contributed by atoms with van der Waals surface area (Å²) in [7, 11) is 3.68. The third-order valence-electron chi connectivity index (χ3n) is 4.08. The van der Waals surface area contributed by atoms with E-state index in [4.69, 9.17) is 4.74 Å². The van der Waals surface area contributed by atoms with Crippen LogP contribution in [0.5, 0.6) is 0 Å². The number of nitrogens with zero attached hydrogens (tertiary/aromatic N) is 1. The smallest absolute Gasteiger partial charge is 0.229 e. The fraction of sp³-hybridized carbons (Fsp3) is 0.562. The predicted molar refractivity (Wildman–Crippen MR) is 91.8 cm³/mol. The van der Waals surface area contributed by atoms with Crippen LogP contribution in [0.3, 0.4) is 0 Å². The molecular weight excluding hydrogens is 302 g/mol. The molecule has 2 N–H and O–H groups in total. The minimum absolute atomic E-state index is 0. The first-order chi connectivity index (χ1) is 10.2. The fourth-order valence-electron chi connectivity index (χ4n) is 2.74. The largest absolute Gasteiger partial charge is 0.384 e. The average molecular weight is 328 g/mol. The lowest BCUT2D eigenvalue weighted by molar-refractivity contribution is -0.132. The standard InChI is InChI=1S/C16H25N3O2.ClH/c1-19(14-6-4-3-5-7-14)11-10-18-15(20)16(13-21-2)8-9-17-12-16;/h3-7,17H,8-13H2,1-2H3,(H,18,20);1H. The highest BCUT2D eigenvalue weighted by atomic mass is 35.5. The van der Waals surface area contributed by atoms with Gasteiger partial charge in [-0.05, 0) is 25.1 Å². The molecule has 1 aliphatic rings. The SMILES string of the molecule is COCC1(C(=O)NCCN(C)c2ccccc2)CCNC1.Cl. The molecule has 1 amide bonds. The molecule has 1 unspecified atom stereocenters. The van der Waals surface area contributed by atoms with Crippen LogP contribution in [0.4, 0.5) is 5.69 Å². The number of amides is 1. The van der Waals surface area contributed by atoms with Gasteiger partial charge in [0.1, 0.15) is 0 Å². The Morgan fingerprint density at radius 3 is 2.73 bits per heavy atom. The molecule has 124 valence electrons. The van der Waals surface area contributed by atoms with Crippen LogP contribution in [-0.2, 0) is 9.53 Å². The van der Waals surface area contributed by atoms with Gasteiger partial charge in [-0.15, -0.1) is 12.4 Å². The van der Waals surface area contributed by atoms with Gasteiger partial charge in [0.15, 0.2) is 0 Å². The van der Waals surface area contributed by atoms with Gasteiger partial charge in [0.25, 0.3) is 0 Å². The van der Waals surface area contributed by atoms with E-state index in [0.717, 1.165) is 25.2 Å². The van der Waals surface area contributed by atoms with Gasteiger partial charge < -0.3 is 20.3 Å². The number of anilines is 1. The zero-order chi connectivity index (χ0) is 15.1. The maximum Gasteiger partial charge on any atom is 0.229 e. The van der Waals surface area contributed by atoms with Gasteiger partial charge in [0.05, 0.1) is 12.0 Å². The molecule has 1 atom stereocenters. The quantitative estimate of drug-likeness (QED) is 0.792. The monoisotopic (exact) mass is 327 g/mol. The number of ether oxygens (including phenoxy) is 1. The number of benzene rings is 1. The Labute approximate surface area is 138 Å². The number of para-hydroxylation sites is 1. The number of carbonyl (C=O) groups excluding carboxylic acids is 1.